The summed E-state index contributed by atoms with van der Waals surface area (Å²) in [7, 11) is 0. The van der Waals surface area contributed by atoms with Crippen LogP contribution >= 0.6 is 11.6 Å². The van der Waals surface area contributed by atoms with Crippen molar-refractivity contribution in [3.63, 3.8) is 0 Å². The first kappa shape index (κ1) is 14.7. The summed E-state index contributed by atoms with van der Waals surface area (Å²) in [5, 5.41) is 4.64. The Morgan fingerprint density at radius 1 is 1.30 bits per heavy atom. The second-order valence-corrected chi connectivity index (χ2v) is 6.43. The van der Waals surface area contributed by atoms with Crippen LogP contribution in [0.1, 0.15) is 29.8 Å². The number of rotatable bonds is 2. The lowest BCUT2D eigenvalue weighted by Crippen LogP contribution is -2.51. The number of hydrogen-bond donors (Lipinski definition) is 0. The maximum Gasteiger partial charge on any atom is 0.292 e. The van der Waals surface area contributed by atoms with Gasteiger partial charge in [0.15, 0.2) is 0 Å². The van der Waals surface area contributed by atoms with Crippen LogP contribution in [-0.4, -0.2) is 41.3 Å². The minimum Gasteiger partial charge on any atom is -0.374 e. The molecule has 2 heterocycles. The molecule has 0 bridgehead atoms. The SMILES string of the molecule is O=C(c1cc(-c2cccc(Cl)c2)no1)N1CCO[C@@H]2CCC[C@H]21. The van der Waals surface area contributed by atoms with Crippen LogP contribution in [0.15, 0.2) is 34.9 Å². The van der Waals surface area contributed by atoms with Gasteiger partial charge in [-0.1, -0.05) is 28.9 Å². The molecule has 1 saturated heterocycles. The van der Waals surface area contributed by atoms with Crippen LogP contribution in [0, 0.1) is 0 Å². The Hall–Kier alpha value is -1.85. The second-order valence-electron chi connectivity index (χ2n) is 5.99. The van der Waals surface area contributed by atoms with Crippen LogP contribution in [0.5, 0.6) is 0 Å². The van der Waals surface area contributed by atoms with E-state index in [1.165, 1.54) is 0 Å². The van der Waals surface area contributed by atoms with Gasteiger partial charge in [0.05, 0.1) is 18.8 Å². The summed E-state index contributed by atoms with van der Waals surface area (Å²) in [5.74, 6) is 0.165. The van der Waals surface area contributed by atoms with Crippen LogP contribution in [-0.2, 0) is 4.74 Å². The number of morpholine rings is 1. The third-order valence-electron chi connectivity index (χ3n) is 4.58. The molecule has 23 heavy (non-hydrogen) atoms. The summed E-state index contributed by atoms with van der Waals surface area (Å²) < 4.78 is 11.0. The van der Waals surface area contributed by atoms with Crippen molar-refractivity contribution in [1.82, 2.24) is 10.1 Å². The molecule has 1 aromatic carbocycles. The molecule has 1 amide bonds. The van der Waals surface area contributed by atoms with E-state index in [9.17, 15) is 4.79 Å². The molecular formula is C17H17ClN2O3. The average molecular weight is 333 g/mol. The van der Waals surface area contributed by atoms with E-state index in [2.05, 4.69) is 5.16 Å². The number of hydrogen-bond acceptors (Lipinski definition) is 4. The lowest BCUT2D eigenvalue weighted by Gasteiger charge is -2.37. The molecule has 6 heteroatoms. The first-order valence-electron chi connectivity index (χ1n) is 7.87. The third-order valence-corrected chi connectivity index (χ3v) is 4.82. The summed E-state index contributed by atoms with van der Waals surface area (Å²) in [4.78, 5) is 14.6. The maximum atomic E-state index is 12.8. The van der Waals surface area contributed by atoms with Crippen LogP contribution in [0.4, 0.5) is 0 Å². The van der Waals surface area contributed by atoms with E-state index in [0.29, 0.717) is 23.9 Å². The van der Waals surface area contributed by atoms with E-state index in [4.69, 9.17) is 20.9 Å². The Bertz CT molecular complexity index is 730. The van der Waals surface area contributed by atoms with Gasteiger partial charge in [0.1, 0.15) is 5.69 Å². The van der Waals surface area contributed by atoms with Crippen LogP contribution in [0.25, 0.3) is 11.3 Å². The largest absolute Gasteiger partial charge is 0.374 e. The molecule has 0 unspecified atom stereocenters. The number of aromatic nitrogens is 1. The Morgan fingerprint density at radius 3 is 3.09 bits per heavy atom. The van der Waals surface area contributed by atoms with Gasteiger partial charge in [0.25, 0.3) is 5.91 Å². The van der Waals surface area contributed by atoms with Crippen molar-refractivity contribution >= 4 is 17.5 Å². The number of fused-ring (bicyclic) bond motifs is 1. The maximum absolute atomic E-state index is 12.8. The molecule has 2 atom stereocenters. The van der Waals surface area contributed by atoms with E-state index in [0.717, 1.165) is 24.8 Å². The van der Waals surface area contributed by atoms with Crippen molar-refractivity contribution in [2.24, 2.45) is 0 Å². The summed E-state index contributed by atoms with van der Waals surface area (Å²) in [6.45, 7) is 1.19. The second kappa shape index (κ2) is 5.98. The first-order chi connectivity index (χ1) is 11.2. The normalized spacial score (nSPS) is 23.8. The fourth-order valence-electron chi connectivity index (χ4n) is 3.48. The Kier molecular flexibility index (Phi) is 3.83. The van der Waals surface area contributed by atoms with Gasteiger partial charge in [-0.15, -0.1) is 0 Å². The zero-order valence-corrected chi connectivity index (χ0v) is 13.3. The molecule has 1 saturated carbocycles. The lowest BCUT2D eigenvalue weighted by molar-refractivity contribution is -0.0456. The molecule has 0 radical (unpaired) electrons. The fourth-order valence-corrected chi connectivity index (χ4v) is 3.67. The number of ether oxygens (including phenoxy) is 1. The summed E-state index contributed by atoms with van der Waals surface area (Å²) in [6, 6.07) is 9.18. The van der Waals surface area contributed by atoms with Gasteiger partial charge in [0, 0.05) is 23.2 Å². The van der Waals surface area contributed by atoms with E-state index >= 15 is 0 Å². The molecule has 4 rings (SSSR count). The molecule has 0 N–H and O–H groups in total. The molecule has 2 aromatic rings. The van der Waals surface area contributed by atoms with Gasteiger partial charge in [0.2, 0.25) is 5.76 Å². The minimum absolute atomic E-state index is 0.106. The van der Waals surface area contributed by atoms with E-state index in [-0.39, 0.29) is 23.8 Å². The lowest BCUT2D eigenvalue weighted by atomic mass is 10.1. The molecule has 0 spiro atoms. The predicted molar refractivity (Wildman–Crippen MR) is 85.4 cm³/mol. The highest BCUT2D eigenvalue weighted by Gasteiger charge is 2.39. The van der Waals surface area contributed by atoms with Gasteiger partial charge in [-0.2, -0.15) is 0 Å². The first-order valence-corrected chi connectivity index (χ1v) is 8.25. The van der Waals surface area contributed by atoms with Gasteiger partial charge in [-0.3, -0.25) is 4.79 Å². The summed E-state index contributed by atoms with van der Waals surface area (Å²) in [6.07, 6.45) is 3.29. The summed E-state index contributed by atoms with van der Waals surface area (Å²) in [5.41, 5.74) is 1.45. The number of carbonyl (C=O) groups is 1. The number of halogens is 1. The van der Waals surface area contributed by atoms with Gasteiger partial charge < -0.3 is 14.2 Å². The third kappa shape index (κ3) is 2.75. The molecule has 1 aromatic heterocycles. The van der Waals surface area contributed by atoms with Crippen LogP contribution < -0.4 is 0 Å². The molecule has 1 aliphatic heterocycles. The molecule has 2 aliphatic rings. The zero-order chi connectivity index (χ0) is 15.8. The van der Waals surface area contributed by atoms with Crippen molar-refractivity contribution < 1.29 is 14.1 Å². The topological polar surface area (TPSA) is 55.6 Å². The highest BCUT2D eigenvalue weighted by molar-refractivity contribution is 6.30. The van der Waals surface area contributed by atoms with Gasteiger partial charge in [-0.05, 0) is 31.4 Å². The van der Waals surface area contributed by atoms with Crippen molar-refractivity contribution in [3.05, 3.63) is 41.1 Å². The standard InChI is InChI=1S/C17H17ClN2O3/c18-12-4-1-3-11(9-12)13-10-16(23-19-13)17(21)20-7-8-22-15-6-2-5-14(15)20/h1,3-4,9-10,14-15H,2,5-8H2/t14-,15-/m1/s1. The number of nitrogens with zero attached hydrogens (tertiary/aromatic N) is 2. The zero-order valence-electron chi connectivity index (χ0n) is 12.6. The molecule has 120 valence electrons. The van der Waals surface area contributed by atoms with Crippen molar-refractivity contribution in [2.45, 2.75) is 31.4 Å². The Labute approximate surface area is 139 Å². The number of carbonyl (C=O) groups excluding carboxylic acids is 1. The van der Waals surface area contributed by atoms with Crippen LogP contribution in [0.2, 0.25) is 5.02 Å². The molecular weight excluding hydrogens is 316 g/mol. The van der Waals surface area contributed by atoms with E-state index in [1.54, 1.807) is 18.2 Å². The monoisotopic (exact) mass is 332 g/mol. The molecule has 5 nitrogen and oxygen atoms in total. The Balaban J connectivity index is 1.57. The van der Waals surface area contributed by atoms with Crippen molar-refractivity contribution in [2.75, 3.05) is 13.2 Å². The van der Waals surface area contributed by atoms with E-state index < -0.39 is 0 Å². The summed E-state index contributed by atoms with van der Waals surface area (Å²) >= 11 is 6.00. The highest BCUT2D eigenvalue weighted by atomic mass is 35.5. The molecule has 2 fully saturated rings. The van der Waals surface area contributed by atoms with Gasteiger partial charge >= 0.3 is 0 Å². The van der Waals surface area contributed by atoms with Crippen molar-refractivity contribution in [1.29, 1.82) is 0 Å². The highest BCUT2D eigenvalue weighted by Crippen LogP contribution is 2.31. The predicted octanol–water partition coefficient (Wildman–Crippen LogP) is 3.39. The average Bonchev–Trinajstić information content (AvgIpc) is 3.23. The van der Waals surface area contributed by atoms with Crippen LogP contribution in [0.3, 0.4) is 0 Å². The molecule has 1 aliphatic carbocycles. The fraction of sp³-hybridized carbons (Fsp3) is 0.412. The smallest absolute Gasteiger partial charge is 0.292 e. The van der Waals surface area contributed by atoms with E-state index in [1.807, 2.05) is 17.0 Å². The minimum atomic E-state index is -0.106. The number of amides is 1. The van der Waals surface area contributed by atoms with Crippen molar-refractivity contribution in [3.8, 4) is 11.3 Å². The quantitative estimate of drug-likeness (QED) is 0.846. The number of benzene rings is 1. The Morgan fingerprint density at radius 2 is 2.22 bits per heavy atom. The van der Waals surface area contributed by atoms with Gasteiger partial charge in [-0.25, -0.2) is 0 Å².